The van der Waals surface area contributed by atoms with Gasteiger partial charge in [-0.3, -0.25) is 14.4 Å². The summed E-state index contributed by atoms with van der Waals surface area (Å²) in [6, 6.07) is 13.5. The number of aromatic nitrogens is 1. The number of hydrogen-bond acceptors (Lipinski definition) is 3. The van der Waals surface area contributed by atoms with Gasteiger partial charge in [-0.25, -0.2) is 0 Å². The van der Waals surface area contributed by atoms with Crippen LogP contribution in [0.3, 0.4) is 0 Å². The van der Waals surface area contributed by atoms with Crippen molar-refractivity contribution in [2.75, 3.05) is 0 Å². The van der Waals surface area contributed by atoms with E-state index in [2.05, 4.69) is 15.6 Å². The third kappa shape index (κ3) is 5.26. The highest BCUT2D eigenvalue weighted by atomic mass is 16.4. The van der Waals surface area contributed by atoms with Gasteiger partial charge in [0, 0.05) is 30.4 Å². The van der Waals surface area contributed by atoms with Crippen molar-refractivity contribution < 1.29 is 19.5 Å². The van der Waals surface area contributed by atoms with Crippen LogP contribution >= 0.6 is 0 Å². The van der Waals surface area contributed by atoms with Crippen LogP contribution in [0.2, 0.25) is 0 Å². The molecule has 3 aromatic rings. The Labute approximate surface area is 174 Å². The van der Waals surface area contributed by atoms with E-state index in [1.54, 1.807) is 12.1 Å². The number of fused-ring (bicyclic) bond motifs is 1. The van der Waals surface area contributed by atoms with Crippen LogP contribution in [0.4, 0.5) is 0 Å². The normalized spacial score (nSPS) is 12.9. The van der Waals surface area contributed by atoms with Crippen LogP contribution in [0, 0.1) is 6.92 Å². The number of rotatable bonds is 8. The van der Waals surface area contributed by atoms with Crippen LogP contribution in [0.15, 0.2) is 54.7 Å². The third-order valence-electron chi connectivity index (χ3n) is 4.97. The molecule has 7 heteroatoms. The summed E-state index contributed by atoms with van der Waals surface area (Å²) in [7, 11) is 0. The Balaban J connectivity index is 1.83. The van der Waals surface area contributed by atoms with Crippen molar-refractivity contribution >= 4 is 28.7 Å². The quantitative estimate of drug-likeness (QED) is 0.460. The van der Waals surface area contributed by atoms with Gasteiger partial charge >= 0.3 is 5.97 Å². The maximum atomic E-state index is 13.0. The van der Waals surface area contributed by atoms with E-state index in [0.29, 0.717) is 5.56 Å². The van der Waals surface area contributed by atoms with E-state index >= 15 is 0 Å². The SMILES string of the molecule is CC(=O)N[C@@H](Cc1c[nH]c2ccccc12)C(=O)N[C@@H](CC(=O)O)c1ccc(C)cc1. The van der Waals surface area contributed by atoms with Crippen molar-refractivity contribution in [2.45, 2.75) is 38.8 Å². The molecular weight excluding hydrogens is 382 g/mol. The van der Waals surface area contributed by atoms with Crippen molar-refractivity contribution in [3.05, 3.63) is 71.4 Å². The second-order valence-electron chi connectivity index (χ2n) is 7.39. The number of carbonyl (C=O) groups excluding carboxylic acids is 2. The van der Waals surface area contributed by atoms with Crippen LogP contribution < -0.4 is 10.6 Å². The lowest BCUT2D eigenvalue weighted by Gasteiger charge is -2.23. The molecule has 2 aromatic carbocycles. The molecule has 0 unspecified atom stereocenters. The number of carboxylic acids is 1. The Morgan fingerprint density at radius 1 is 1.03 bits per heavy atom. The third-order valence-corrected chi connectivity index (χ3v) is 4.97. The fourth-order valence-electron chi connectivity index (χ4n) is 3.47. The molecule has 7 nitrogen and oxygen atoms in total. The van der Waals surface area contributed by atoms with E-state index in [-0.39, 0.29) is 18.7 Å². The standard InChI is InChI=1S/C23H25N3O4/c1-14-7-9-16(10-8-14)20(12-22(28)29)26-23(30)21(25-15(2)27)11-17-13-24-19-6-4-3-5-18(17)19/h3-10,13,20-21,24H,11-12H2,1-2H3,(H,25,27)(H,26,30)(H,28,29)/t20-,21-/m0/s1. The highest BCUT2D eigenvalue weighted by Crippen LogP contribution is 2.21. The minimum absolute atomic E-state index is 0.255. The predicted octanol–water partition coefficient (Wildman–Crippen LogP) is 2.86. The highest BCUT2D eigenvalue weighted by Gasteiger charge is 2.25. The van der Waals surface area contributed by atoms with E-state index in [0.717, 1.165) is 22.0 Å². The smallest absolute Gasteiger partial charge is 0.305 e. The van der Waals surface area contributed by atoms with Crippen LogP contribution in [-0.2, 0) is 20.8 Å². The molecule has 0 saturated heterocycles. The van der Waals surface area contributed by atoms with Crippen LogP contribution in [0.25, 0.3) is 10.9 Å². The molecule has 0 saturated carbocycles. The molecule has 30 heavy (non-hydrogen) atoms. The number of aromatic amines is 1. The zero-order valence-electron chi connectivity index (χ0n) is 16.9. The van der Waals surface area contributed by atoms with Gasteiger partial charge in [-0.15, -0.1) is 0 Å². The van der Waals surface area contributed by atoms with E-state index in [1.165, 1.54) is 6.92 Å². The first-order valence-electron chi connectivity index (χ1n) is 9.74. The molecule has 2 atom stereocenters. The number of carboxylic acid groups (broad SMARTS) is 1. The summed E-state index contributed by atoms with van der Waals surface area (Å²) in [6.45, 7) is 3.28. The van der Waals surface area contributed by atoms with Gasteiger partial charge in [0.25, 0.3) is 0 Å². The minimum Gasteiger partial charge on any atom is -0.481 e. The molecule has 1 aromatic heterocycles. The van der Waals surface area contributed by atoms with Gasteiger partial charge < -0.3 is 20.7 Å². The fourth-order valence-corrected chi connectivity index (χ4v) is 3.47. The lowest BCUT2D eigenvalue weighted by atomic mass is 10.00. The van der Waals surface area contributed by atoms with Gasteiger partial charge in [0.1, 0.15) is 6.04 Å². The Kier molecular flexibility index (Phi) is 6.51. The fraction of sp³-hybridized carbons (Fsp3) is 0.261. The summed E-state index contributed by atoms with van der Waals surface area (Å²) in [5.41, 5.74) is 3.57. The average molecular weight is 407 g/mol. The summed E-state index contributed by atoms with van der Waals surface area (Å²) in [5.74, 6) is -1.78. The Morgan fingerprint density at radius 2 is 1.73 bits per heavy atom. The zero-order valence-corrected chi connectivity index (χ0v) is 16.9. The van der Waals surface area contributed by atoms with Gasteiger partial charge in [0.2, 0.25) is 11.8 Å². The maximum absolute atomic E-state index is 13.0. The number of para-hydroxylation sites is 1. The van der Waals surface area contributed by atoms with Gasteiger partial charge in [0.05, 0.1) is 12.5 Å². The molecule has 4 N–H and O–H groups in total. The molecule has 0 radical (unpaired) electrons. The number of aliphatic carboxylic acids is 1. The molecular formula is C23H25N3O4. The molecule has 0 aliphatic rings. The number of nitrogens with one attached hydrogen (secondary N) is 3. The largest absolute Gasteiger partial charge is 0.481 e. The molecule has 156 valence electrons. The second kappa shape index (κ2) is 9.26. The Morgan fingerprint density at radius 3 is 2.40 bits per heavy atom. The summed E-state index contributed by atoms with van der Waals surface area (Å²) < 4.78 is 0. The molecule has 3 rings (SSSR count). The summed E-state index contributed by atoms with van der Waals surface area (Å²) in [5, 5.41) is 15.8. The predicted molar refractivity (Wildman–Crippen MR) is 114 cm³/mol. The maximum Gasteiger partial charge on any atom is 0.305 e. The van der Waals surface area contributed by atoms with Gasteiger partial charge in [0.15, 0.2) is 0 Å². The van der Waals surface area contributed by atoms with Crippen molar-refractivity contribution in [1.82, 2.24) is 15.6 Å². The number of amides is 2. The second-order valence-corrected chi connectivity index (χ2v) is 7.39. The molecule has 0 bridgehead atoms. The van der Waals surface area contributed by atoms with E-state index < -0.39 is 24.0 Å². The van der Waals surface area contributed by atoms with Gasteiger partial charge in [-0.2, -0.15) is 0 Å². The topological polar surface area (TPSA) is 111 Å². The van der Waals surface area contributed by atoms with E-state index in [1.807, 2.05) is 49.5 Å². The monoisotopic (exact) mass is 407 g/mol. The van der Waals surface area contributed by atoms with Crippen molar-refractivity contribution in [3.63, 3.8) is 0 Å². The van der Waals surface area contributed by atoms with E-state index in [9.17, 15) is 19.5 Å². The Bertz CT molecular complexity index is 1060. The van der Waals surface area contributed by atoms with Gasteiger partial charge in [-0.1, -0.05) is 48.0 Å². The van der Waals surface area contributed by atoms with E-state index in [4.69, 9.17) is 0 Å². The Hall–Kier alpha value is -3.61. The van der Waals surface area contributed by atoms with Crippen molar-refractivity contribution in [2.24, 2.45) is 0 Å². The number of aryl methyl sites for hydroxylation is 1. The van der Waals surface area contributed by atoms with Crippen molar-refractivity contribution in [3.8, 4) is 0 Å². The first kappa shape index (κ1) is 21.1. The average Bonchev–Trinajstić information content (AvgIpc) is 3.10. The summed E-state index contributed by atoms with van der Waals surface area (Å²) in [6.07, 6.45) is 1.85. The zero-order chi connectivity index (χ0) is 21.7. The molecule has 0 fully saturated rings. The molecule has 0 aliphatic heterocycles. The van der Waals surface area contributed by atoms with Crippen LogP contribution in [0.5, 0.6) is 0 Å². The van der Waals surface area contributed by atoms with Crippen LogP contribution in [0.1, 0.15) is 36.1 Å². The number of carbonyl (C=O) groups is 3. The first-order chi connectivity index (χ1) is 14.3. The molecule has 0 spiro atoms. The number of hydrogen-bond donors (Lipinski definition) is 4. The molecule has 2 amide bonds. The van der Waals surface area contributed by atoms with Crippen molar-refractivity contribution in [1.29, 1.82) is 0 Å². The lowest BCUT2D eigenvalue weighted by Crippen LogP contribution is -2.48. The minimum atomic E-state index is -1.02. The first-order valence-corrected chi connectivity index (χ1v) is 9.74. The number of benzene rings is 2. The lowest BCUT2D eigenvalue weighted by molar-refractivity contribution is -0.138. The molecule has 0 aliphatic carbocycles. The van der Waals surface area contributed by atoms with Gasteiger partial charge in [-0.05, 0) is 24.1 Å². The summed E-state index contributed by atoms with van der Waals surface area (Å²) >= 11 is 0. The number of H-pyrrole nitrogens is 1. The summed E-state index contributed by atoms with van der Waals surface area (Å²) in [4.78, 5) is 39.3. The molecule has 1 heterocycles. The van der Waals surface area contributed by atoms with Crippen LogP contribution in [-0.4, -0.2) is 33.9 Å². The highest BCUT2D eigenvalue weighted by molar-refractivity contribution is 5.89.